The molecule has 0 amide bonds. The number of rotatable bonds is 11. The number of aliphatic imine (C=N–C) groups is 1. The maximum atomic E-state index is 5.43. The van der Waals surface area contributed by atoms with Gasteiger partial charge in [-0.1, -0.05) is 24.3 Å². The van der Waals surface area contributed by atoms with Crippen LogP contribution in [0.15, 0.2) is 29.3 Å². The molecule has 1 rings (SSSR count). The van der Waals surface area contributed by atoms with Crippen LogP contribution in [0, 0.1) is 0 Å². The van der Waals surface area contributed by atoms with E-state index in [2.05, 4.69) is 72.5 Å². The Balaban J connectivity index is 2.32. The molecule has 2 N–H and O–H groups in total. The fourth-order valence-electron chi connectivity index (χ4n) is 2.96. The van der Waals surface area contributed by atoms with Crippen molar-refractivity contribution in [2.45, 2.75) is 66.3 Å². The third-order valence-electron chi connectivity index (χ3n) is 4.39. The second-order valence-electron chi connectivity index (χ2n) is 7.09. The SMILES string of the molecule is CCOCc1ccc(CNC(=NC)NCCCN(C(C)C)C(C)C)cc1. The van der Waals surface area contributed by atoms with Gasteiger partial charge in [-0.3, -0.25) is 9.89 Å². The van der Waals surface area contributed by atoms with Gasteiger partial charge in [-0.25, -0.2) is 0 Å². The third kappa shape index (κ3) is 8.68. The van der Waals surface area contributed by atoms with Crippen LogP contribution in [0.4, 0.5) is 0 Å². The van der Waals surface area contributed by atoms with Crippen LogP contribution in [0.1, 0.15) is 52.2 Å². The van der Waals surface area contributed by atoms with Crippen LogP contribution < -0.4 is 10.6 Å². The average Bonchev–Trinajstić information content (AvgIpc) is 2.62. The summed E-state index contributed by atoms with van der Waals surface area (Å²) < 4.78 is 5.43. The molecule has 0 unspecified atom stereocenters. The summed E-state index contributed by atoms with van der Waals surface area (Å²) in [5.74, 6) is 0.851. The Hall–Kier alpha value is -1.59. The molecule has 148 valence electrons. The Morgan fingerprint density at radius 1 is 1.04 bits per heavy atom. The first-order chi connectivity index (χ1) is 12.5. The molecule has 5 nitrogen and oxygen atoms in total. The third-order valence-corrected chi connectivity index (χ3v) is 4.39. The fraction of sp³-hybridized carbons (Fsp3) is 0.667. The highest BCUT2D eigenvalue weighted by atomic mass is 16.5. The Bertz CT molecular complexity index is 503. The van der Waals surface area contributed by atoms with Crippen LogP contribution in [-0.4, -0.2) is 49.7 Å². The van der Waals surface area contributed by atoms with Crippen molar-refractivity contribution in [2.24, 2.45) is 4.99 Å². The first-order valence-corrected chi connectivity index (χ1v) is 9.83. The second kappa shape index (κ2) is 12.7. The highest BCUT2D eigenvalue weighted by molar-refractivity contribution is 5.79. The van der Waals surface area contributed by atoms with Crippen LogP contribution in [0.3, 0.4) is 0 Å². The summed E-state index contributed by atoms with van der Waals surface area (Å²) in [5, 5.41) is 6.78. The van der Waals surface area contributed by atoms with E-state index in [0.29, 0.717) is 18.7 Å². The molecular weight excluding hydrogens is 324 g/mol. The zero-order valence-electron chi connectivity index (χ0n) is 17.5. The van der Waals surface area contributed by atoms with E-state index >= 15 is 0 Å². The molecule has 0 saturated heterocycles. The van der Waals surface area contributed by atoms with Gasteiger partial charge in [-0.15, -0.1) is 0 Å². The molecule has 0 saturated carbocycles. The molecule has 0 radical (unpaired) electrons. The molecule has 26 heavy (non-hydrogen) atoms. The summed E-state index contributed by atoms with van der Waals surface area (Å²) in [6, 6.07) is 9.68. The van der Waals surface area contributed by atoms with Gasteiger partial charge < -0.3 is 15.4 Å². The highest BCUT2D eigenvalue weighted by Gasteiger charge is 2.12. The lowest BCUT2D eigenvalue weighted by Gasteiger charge is -2.30. The van der Waals surface area contributed by atoms with Crippen LogP contribution >= 0.6 is 0 Å². The van der Waals surface area contributed by atoms with Gasteiger partial charge in [0.1, 0.15) is 0 Å². The molecule has 0 aliphatic carbocycles. The molecule has 0 aromatic heterocycles. The van der Waals surface area contributed by atoms with Gasteiger partial charge >= 0.3 is 0 Å². The van der Waals surface area contributed by atoms with E-state index in [0.717, 1.165) is 38.6 Å². The van der Waals surface area contributed by atoms with Crippen molar-refractivity contribution in [1.29, 1.82) is 0 Å². The van der Waals surface area contributed by atoms with E-state index < -0.39 is 0 Å². The fourth-order valence-corrected chi connectivity index (χ4v) is 2.96. The van der Waals surface area contributed by atoms with Crippen molar-refractivity contribution in [3.05, 3.63) is 35.4 Å². The number of nitrogens with one attached hydrogen (secondary N) is 2. The predicted octanol–water partition coefficient (Wildman–Crippen LogP) is 3.40. The first-order valence-electron chi connectivity index (χ1n) is 9.83. The maximum Gasteiger partial charge on any atom is 0.191 e. The van der Waals surface area contributed by atoms with Gasteiger partial charge in [0.05, 0.1) is 6.61 Å². The minimum absolute atomic E-state index is 0.582. The van der Waals surface area contributed by atoms with Gasteiger partial charge in [-0.05, 0) is 52.2 Å². The maximum absolute atomic E-state index is 5.43. The first kappa shape index (κ1) is 22.5. The van der Waals surface area contributed by atoms with E-state index in [1.807, 2.05) is 14.0 Å². The molecule has 0 bridgehead atoms. The highest BCUT2D eigenvalue weighted by Crippen LogP contribution is 2.06. The molecule has 1 aromatic carbocycles. The number of ether oxygens (including phenoxy) is 1. The van der Waals surface area contributed by atoms with Gasteiger partial charge in [0.25, 0.3) is 0 Å². The quantitative estimate of drug-likeness (QED) is 0.360. The van der Waals surface area contributed by atoms with E-state index in [4.69, 9.17) is 4.74 Å². The van der Waals surface area contributed by atoms with Crippen molar-refractivity contribution in [3.63, 3.8) is 0 Å². The summed E-state index contributed by atoms with van der Waals surface area (Å²) in [5.41, 5.74) is 2.44. The Morgan fingerprint density at radius 3 is 2.19 bits per heavy atom. The second-order valence-corrected chi connectivity index (χ2v) is 7.09. The molecule has 5 heteroatoms. The van der Waals surface area contributed by atoms with E-state index in [1.54, 1.807) is 0 Å². The lowest BCUT2D eigenvalue weighted by Crippen LogP contribution is -2.41. The van der Waals surface area contributed by atoms with Gasteiger partial charge in [0, 0.05) is 45.4 Å². The normalized spacial score (nSPS) is 12.3. The monoisotopic (exact) mass is 362 g/mol. The van der Waals surface area contributed by atoms with Crippen LogP contribution in [0.2, 0.25) is 0 Å². The standard InChI is InChI=1S/C21H38N4O/c1-7-26-16-20-11-9-19(10-12-20)15-24-21(22-6)23-13-8-14-25(17(2)3)18(4)5/h9-12,17-18H,7-8,13-16H2,1-6H3,(H2,22,23,24). The van der Waals surface area contributed by atoms with Crippen molar-refractivity contribution in [2.75, 3.05) is 26.7 Å². The lowest BCUT2D eigenvalue weighted by molar-refractivity contribution is 0.134. The van der Waals surface area contributed by atoms with Crippen molar-refractivity contribution >= 4 is 5.96 Å². The topological polar surface area (TPSA) is 48.9 Å². The molecule has 0 fully saturated rings. The smallest absolute Gasteiger partial charge is 0.191 e. The van der Waals surface area contributed by atoms with Crippen LogP contribution in [0.25, 0.3) is 0 Å². The van der Waals surface area contributed by atoms with Crippen molar-refractivity contribution < 1.29 is 4.74 Å². The molecular formula is C21H38N4O. The summed E-state index contributed by atoms with van der Waals surface area (Å²) in [4.78, 5) is 6.82. The number of guanidine groups is 1. The summed E-state index contributed by atoms with van der Waals surface area (Å²) in [6.45, 7) is 15.2. The minimum atomic E-state index is 0.582. The Kier molecular flexibility index (Phi) is 11.0. The molecule has 0 heterocycles. The number of hydrogen-bond acceptors (Lipinski definition) is 3. The Morgan fingerprint density at radius 2 is 1.65 bits per heavy atom. The van der Waals surface area contributed by atoms with Crippen molar-refractivity contribution in [3.8, 4) is 0 Å². The van der Waals surface area contributed by atoms with E-state index in [-0.39, 0.29) is 0 Å². The Labute approximate surface area is 160 Å². The van der Waals surface area contributed by atoms with E-state index in [9.17, 15) is 0 Å². The molecule has 0 aliphatic rings. The van der Waals surface area contributed by atoms with Crippen molar-refractivity contribution in [1.82, 2.24) is 15.5 Å². The zero-order chi connectivity index (χ0) is 19.4. The molecule has 1 aromatic rings. The van der Waals surface area contributed by atoms with Gasteiger partial charge in [0.15, 0.2) is 5.96 Å². The van der Waals surface area contributed by atoms with Crippen LogP contribution in [0.5, 0.6) is 0 Å². The molecule has 0 atom stereocenters. The summed E-state index contributed by atoms with van der Waals surface area (Å²) >= 11 is 0. The summed E-state index contributed by atoms with van der Waals surface area (Å²) in [6.07, 6.45) is 1.10. The largest absolute Gasteiger partial charge is 0.377 e. The number of nitrogens with zero attached hydrogens (tertiary/aromatic N) is 2. The van der Waals surface area contributed by atoms with Gasteiger partial charge in [0.2, 0.25) is 0 Å². The number of hydrogen-bond donors (Lipinski definition) is 2. The zero-order valence-corrected chi connectivity index (χ0v) is 17.5. The summed E-state index contributed by atoms with van der Waals surface area (Å²) in [7, 11) is 1.81. The lowest BCUT2D eigenvalue weighted by atomic mass is 10.1. The molecule has 0 spiro atoms. The average molecular weight is 363 g/mol. The molecule has 0 aliphatic heterocycles. The minimum Gasteiger partial charge on any atom is -0.377 e. The van der Waals surface area contributed by atoms with Gasteiger partial charge in [-0.2, -0.15) is 0 Å². The number of benzene rings is 1. The van der Waals surface area contributed by atoms with E-state index in [1.165, 1.54) is 11.1 Å². The van der Waals surface area contributed by atoms with Crippen LogP contribution in [-0.2, 0) is 17.9 Å². The predicted molar refractivity (Wildman–Crippen MR) is 112 cm³/mol.